The van der Waals surface area contributed by atoms with E-state index in [1.165, 1.54) is 22.6 Å². The first-order chi connectivity index (χ1) is 11.5. The molecule has 1 aromatic heterocycles. The van der Waals surface area contributed by atoms with Crippen LogP contribution in [0.5, 0.6) is 0 Å². The van der Waals surface area contributed by atoms with Gasteiger partial charge in [-0.3, -0.25) is 19.8 Å². The number of nitrogens with zero attached hydrogens (tertiary/aromatic N) is 3. The number of nitro groups is 1. The van der Waals surface area contributed by atoms with E-state index in [1.807, 2.05) is 0 Å². The summed E-state index contributed by atoms with van der Waals surface area (Å²) in [4.78, 5) is 28.0. The molecule has 2 aromatic rings. The molecule has 0 spiro atoms. The normalized spacial score (nSPS) is 17.3. The van der Waals surface area contributed by atoms with Crippen molar-refractivity contribution in [3.8, 4) is 0 Å². The summed E-state index contributed by atoms with van der Waals surface area (Å²) in [5, 5.41) is 12.8. The summed E-state index contributed by atoms with van der Waals surface area (Å²) in [6.45, 7) is 3.34. The van der Waals surface area contributed by atoms with Crippen molar-refractivity contribution >= 4 is 28.6 Å². The van der Waals surface area contributed by atoms with Crippen molar-refractivity contribution in [3.05, 3.63) is 56.3 Å². The van der Waals surface area contributed by atoms with Crippen LogP contribution in [0.25, 0.3) is 0 Å². The van der Waals surface area contributed by atoms with E-state index in [9.17, 15) is 14.9 Å². The molecule has 0 bridgehead atoms. The van der Waals surface area contributed by atoms with E-state index < -0.39 is 4.92 Å². The van der Waals surface area contributed by atoms with E-state index in [0.717, 1.165) is 13.0 Å². The number of likely N-dealkylation sites (N-methyl/N-ethyl adjacent to an activating group) is 1. The Bertz CT molecular complexity index is 757. The van der Waals surface area contributed by atoms with Gasteiger partial charge in [-0.15, -0.1) is 11.3 Å². The molecule has 126 valence electrons. The molecule has 6 nitrogen and oxygen atoms in total. The second kappa shape index (κ2) is 6.70. The van der Waals surface area contributed by atoms with Gasteiger partial charge in [0.05, 0.1) is 11.5 Å². The van der Waals surface area contributed by atoms with Gasteiger partial charge in [0.15, 0.2) is 0 Å². The average Bonchev–Trinajstić information content (AvgIpc) is 3.06. The highest BCUT2D eigenvalue weighted by Gasteiger charge is 2.27. The van der Waals surface area contributed by atoms with E-state index in [1.54, 1.807) is 35.4 Å². The standard InChI is InChI=1S/C17H19N3O3S/c1-12-15-8-10-24-16(15)7-9-19(12)11-17(21)18(2)13-3-5-14(6-4-13)20(22)23/h3-6,8,10,12H,7,9,11H2,1-2H3. The zero-order chi connectivity index (χ0) is 17.3. The molecule has 2 heterocycles. The Labute approximate surface area is 144 Å². The average molecular weight is 345 g/mol. The van der Waals surface area contributed by atoms with Gasteiger partial charge in [-0.1, -0.05) is 0 Å². The Morgan fingerprint density at radius 3 is 2.75 bits per heavy atom. The van der Waals surface area contributed by atoms with E-state index in [0.29, 0.717) is 12.2 Å². The molecule has 0 radical (unpaired) electrons. The van der Waals surface area contributed by atoms with Gasteiger partial charge in [-0.05, 0) is 42.5 Å². The van der Waals surface area contributed by atoms with Crippen LogP contribution < -0.4 is 4.90 Å². The second-order valence-electron chi connectivity index (χ2n) is 5.92. The zero-order valence-corrected chi connectivity index (χ0v) is 14.5. The number of hydrogen-bond donors (Lipinski definition) is 0. The molecule has 3 rings (SSSR count). The molecule has 24 heavy (non-hydrogen) atoms. The summed E-state index contributed by atoms with van der Waals surface area (Å²) < 4.78 is 0. The maximum absolute atomic E-state index is 12.6. The van der Waals surface area contributed by atoms with E-state index >= 15 is 0 Å². The van der Waals surface area contributed by atoms with Gasteiger partial charge in [-0.2, -0.15) is 0 Å². The molecule has 1 aliphatic rings. The predicted octanol–water partition coefficient (Wildman–Crippen LogP) is 3.24. The number of hydrogen-bond acceptors (Lipinski definition) is 5. The number of amides is 1. The minimum Gasteiger partial charge on any atom is -0.314 e. The number of nitro benzene ring substituents is 1. The fourth-order valence-electron chi connectivity index (χ4n) is 3.00. The van der Waals surface area contributed by atoms with E-state index in [4.69, 9.17) is 0 Å². The van der Waals surface area contributed by atoms with Gasteiger partial charge >= 0.3 is 0 Å². The third-order valence-electron chi connectivity index (χ3n) is 4.56. The third kappa shape index (κ3) is 3.18. The Morgan fingerprint density at radius 1 is 1.38 bits per heavy atom. The zero-order valence-electron chi connectivity index (χ0n) is 13.6. The van der Waals surface area contributed by atoms with Crippen molar-refractivity contribution in [3.63, 3.8) is 0 Å². The van der Waals surface area contributed by atoms with E-state index in [2.05, 4.69) is 23.3 Å². The largest absolute Gasteiger partial charge is 0.314 e. The quantitative estimate of drug-likeness (QED) is 0.630. The highest BCUT2D eigenvalue weighted by Crippen LogP contribution is 2.32. The maximum Gasteiger partial charge on any atom is 0.269 e. The van der Waals surface area contributed by atoms with Crippen molar-refractivity contribution in [2.75, 3.05) is 25.0 Å². The second-order valence-corrected chi connectivity index (χ2v) is 6.92. The summed E-state index contributed by atoms with van der Waals surface area (Å²) in [5.41, 5.74) is 2.00. The van der Waals surface area contributed by atoms with Crippen molar-refractivity contribution in [2.45, 2.75) is 19.4 Å². The lowest BCUT2D eigenvalue weighted by Crippen LogP contribution is -2.42. The van der Waals surface area contributed by atoms with Crippen molar-refractivity contribution in [1.29, 1.82) is 0 Å². The summed E-state index contributed by atoms with van der Waals surface area (Å²) in [6, 6.07) is 8.41. The van der Waals surface area contributed by atoms with Crippen LogP contribution in [0.2, 0.25) is 0 Å². The van der Waals surface area contributed by atoms with Gasteiger partial charge in [-0.25, -0.2) is 0 Å². The van der Waals surface area contributed by atoms with Crippen LogP contribution in [0.15, 0.2) is 35.7 Å². The molecule has 7 heteroatoms. The number of rotatable bonds is 4. The SMILES string of the molecule is CC1c2ccsc2CCN1CC(=O)N(C)c1ccc([N+](=O)[O-])cc1. The summed E-state index contributed by atoms with van der Waals surface area (Å²) in [7, 11) is 1.70. The molecule has 0 saturated heterocycles. The fraction of sp³-hybridized carbons (Fsp3) is 0.353. The highest BCUT2D eigenvalue weighted by molar-refractivity contribution is 7.10. The van der Waals surface area contributed by atoms with Crippen LogP contribution in [0.3, 0.4) is 0 Å². The number of anilines is 1. The molecule has 0 aliphatic carbocycles. The maximum atomic E-state index is 12.6. The van der Waals surface area contributed by atoms with Crippen molar-refractivity contribution < 1.29 is 9.72 Å². The Hall–Kier alpha value is -2.25. The Balaban J connectivity index is 1.67. The molecule has 1 aromatic carbocycles. The molecular weight excluding hydrogens is 326 g/mol. The summed E-state index contributed by atoms with van der Waals surface area (Å²) in [5.74, 6) is -0.0191. The van der Waals surface area contributed by atoms with Gasteiger partial charge in [0.1, 0.15) is 0 Å². The Kier molecular flexibility index (Phi) is 4.64. The first-order valence-electron chi connectivity index (χ1n) is 7.78. The molecule has 0 N–H and O–H groups in total. The van der Waals surface area contributed by atoms with E-state index in [-0.39, 0.29) is 17.6 Å². The Morgan fingerprint density at radius 2 is 2.08 bits per heavy atom. The van der Waals surface area contributed by atoms with Gasteiger partial charge in [0.2, 0.25) is 5.91 Å². The summed E-state index contributed by atoms with van der Waals surface area (Å²) in [6.07, 6.45) is 0.978. The summed E-state index contributed by atoms with van der Waals surface area (Å²) >= 11 is 1.78. The first-order valence-corrected chi connectivity index (χ1v) is 8.66. The number of benzene rings is 1. The number of carbonyl (C=O) groups is 1. The monoisotopic (exact) mass is 345 g/mol. The van der Waals surface area contributed by atoms with Crippen LogP contribution in [-0.2, 0) is 11.2 Å². The molecule has 0 fully saturated rings. The van der Waals surface area contributed by atoms with Gasteiger partial charge in [0.25, 0.3) is 5.69 Å². The van der Waals surface area contributed by atoms with Crippen LogP contribution in [0.4, 0.5) is 11.4 Å². The molecular formula is C17H19N3O3S. The minimum atomic E-state index is -0.445. The van der Waals surface area contributed by atoms with Crippen molar-refractivity contribution in [1.82, 2.24) is 4.90 Å². The molecule has 1 atom stereocenters. The fourth-order valence-corrected chi connectivity index (χ4v) is 3.96. The lowest BCUT2D eigenvalue weighted by Gasteiger charge is -2.34. The third-order valence-corrected chi connectivity index (χ3v) is 5.56. The van der Waals surface area contributed by atoms with Crippen LogP contribution >= 0.6 is 11.3 Å². The lowest BCUT2D eigenvalue weighted by atomic mass is 10.0. The number of fused-ring (bicyclic) bond motifs is 1. The molecule has 1 amide bonds. The van der Waals surface area contributed by atoms with Crippen LogP contribution in [0, 0.1) is 10.1 Å². The minimum absolute atomic E-state index is 0.0191. The molecule has 0 saturated carbocycles. The smallest absolute Gasteiger partial charge is 0.269 e. The first kappa shape index (κ1) is 16.6. The van der Waals surface area contributed by atoms with Gasteiger partial charge in [0, 0.05) is 42.3 Å². The van der Waals surface area contributed by atoms with Gasteiger partial charge < -0.3 is 4.90 Å². The molecule has 1 unspecified atom stereocenters. The van der Waals surface area contributed by atoms with Crippen molar-refractivity contribution in [2.24, 2.45) is 0 Å². The number of thiophene rings is 1. The topological polar surface area (TPSA) is 66.7 Å². The predicted molar refractivity (Wildman–Crippen MR) is 94.5 cm³/mol. The highest BCUT2D eigenvalue weighted by atomic mass is 32.1. The lowest BCUT2D eigenvalue weighted by molar-refractivity contribution is -0.384. The number of non-ortho nitro benzene ring substituents is 1. The van der Waals surface area contributed by atoms with Crippen LogP contribution in [0.1, 0.15) is 23.4 Å². The van der Waals surface area contributed by atoms with Crippen LogP contribution in [-0.4, -0.2) is 35.9 Å². The molecule has 1 aliphatic heterocycles. The number of carbonyl (C=O) groups excluding carboxylic acids is 1.